The summed E-state index contributed by atoms with van der Waals surface area (Å²) < 4.78 is 0. The second kappa shape index (κ2) is 1.89. The fourth-order valence-corrected chi connectivity index (χ4v) is 0.219. The van der Waals surface area contributed by atoms with E-state index in [0.29, 0.717) is 0 Å². The van der Waals surface area contributed by atoms with Crippen LogP contribution < -0.4 is 10.9 Å². The molecule has 0 fully saturated rings. The highest BCUT2D eigenvalue weighted by Crippen LogP contribution is 1.54. The van der Waals surface area contributed by atoms with E-state index in [0.717, 1.165) is 0 Å². The van der Waals surface area contributed by atoms with Crippen LogP contribution in [0.15, 0.2) is 21.7 Å². The van der Waals surface area contributed by atoms with Gasteiger partial charge >= 0.3 is 0 Å². The number of hydrogen-bond acceptors (Lipinski definition) is 2. The molecule has 38 valence electrons. The van der Waals surface area contributed by atoms with Crippen molar-refractivity contribution >= 4 is 12.4 Å². The molecular weight excluding hydrogens is 115 g/mol. The highest BCUT2D eigenvalue weighted by Gasteiger charge is 1.89. The molecule has 0 aliphatic rings. The lowest BCUT2D eigenvalue weighted by molar-refractivity contribution is 1.43. The van der Waals surface area contributed by atoms with Crippen LogP contribution in [0.25, 0.3) is 0 Å². The lowest BCUT2D eigenvalue weighted by Gasteiger charge is -1.70. The molecule has 0 atom stereocenters. The Hall–Kier alpha value is -0.630. The minimum Gasteiger partial charge on any atom is -0.286 e. The van der Waals surface area contributed by atoms with Crippen LogP contribution in [-0.2, 0) is 0 Å². The normalized spacial score (nSPS) is 8.00. The van der Waals surface area contributed by atoms with Gasteiger partial charge in [-0.2, -0.15) is 0 Å². The van der Waals surface area contributed by atoms with Crippen LogP contribution in [0.5, 0.6) is 0 Å². The van der Waals surface area contributed by atoms with Crippen molar-refractivity contribution in [3.8, 4) is 0 Å². The number of hydrogen-bond donors (Lipinski definition) is 0. The first-order chi connectivity index (χ1) is 2.80. The van der Waals surface area contributed by atoms with Crippen LogP contribution in [0.4, 0.5) is 0 Å². The van der Waals surface area contributed by atoms with E-state index in [1.54, 1.807) is 0 Å². The van der Waals surface area contributed by atoms with Gasteiger partial charge in [0.25, 0.3) is 0 Å². The predicted octanol–water partition coefficient (Wildman–Crippen LogP) is -0.296. The van der Waals surface area contributed by atoms with Gasteiger partial charge in [0, 0.05) is 0 Å². The summed E-state index contributed by atoms with van der Waals surface area (Å²) in [5.74, 6) is 0. The minimum absolute atomic E-state index is 0. The van der Waals surface area contributed by atoms with E-state index >= 15 is 0 Å². The van der Waals surface area contributed by atoms with Crippen molar-refractivity contribution in [3.63, 3.8) is 0 Å². The highest BCUT2D eigenvalue weighted by molar-refractivity contribution is 5.85. The Labute approximate surface area is 45.9 Å². The molecule has 0 saturated heterocycles. The summed E-state index contributed by atoms with van der Waals surface area (Å²) in [5.41, 5.74) is -0.759. The Kier molecular flexibility index (Phi) is 1.72. The predicted molar refractivity (Wildman–Crippen MR) is 28.6 cm³/mol. The van der Waals surface area contributed by atoms with Crippen LogP contribution in [0.3, 0.4) is 0 Å². The summed E-state index contributed by atoms with van der Waals surface area (Å²) in [6.07, 6.45) is 0. The van der Waals surface area contributed by atoms with Crippen LogP contribution in [0, 0.1) is 0 Å². The third-order valence-electron chi connectivity index (χ3n) is 0.629. The molecular formula is C4H3ClO2. The molecule has 1 rings (SSSR count). The van der Waals surface area contributed by atoms with Gasteiger partial charge in [-0.15, -0.1) is 12.4 Å². The van der Waals surface area contributed by atoms with E-state index in [-0.39, 0.29) is 23.3 Å². The fourth-order valence-electron chi connectivity index (χ4n) is 0.219. The second-order valence-electron chi connectivity index (χ2n) is 1.06. The first kappa shape index (κ1) is 6.37. The minimum atomic E-state index is -0.380. The third kappa shape index (κ3) is 0.871. The summed E-state index contributed by atoms with van der Waals surface area (Å²) in [6.45, 7) is 0. The Morgan fingerprint density at radius 3 is 1.29 bits per heavy atom. The van der Waals surface area contributed by atoms with Crippen LogP contribution in [-0.4, -0.2) is 0 Å². The zero-order chi connectivity index (χ0) is 4.57. The third-order valence-corrected chi connectivity index (χ3v) is 0.629. The molecule has 0 spiro atoms. The molecule has 0 N–H and O–H groups in total. The van der Waals surface area contributed by atoms with Crippen molar-refractivity contribution < 1.29 is 0 Å². The Morgan fingerprint density at radius 1 is 1.00 bits per heavy atom. The molecule has 3 heteroatoms. The van der Waals surface area contributed by atoms with E-state index in [1.165, 1.54) is 12.1 Å². The van der Waals surface area contributed by atoms with Gasteiger partial charge in [-0.1, -0.05) is 0 Å². The van der Waals surface area contributed by atoms with Gasteiger partial charge in [0.2, 0.25) is 10.9 Å². The second-order valence-corrected chi connectivity index (χ2v) is 1.06. The average molecular weight is 119 g/mol. The van der Waals surface area contributed by atoms with E-state index < -0.39 is 0 Å². The first-order valence-electron chi connectivity index (χ1n) is 1.57. The monoisotopic (exact) mass is 118 g/mol. The zero-order valence-electron chi connectivity index (χ0n) is 3.38. The van der Waals surface area contributed by atoms with Gasteiger partial charge in [-0.25, -0.2) is 0 Å². The molecule has 0 aromatic heterocycles. The summed E-state index contributed by atoms with van der Waals surface area (Å²) in [6, 6.07) is 2.50. The summed E-state index contributed by atoms with van der Waals surface area (Å²) in [4.78, 5) is 19.6. The van der Waals surface area contributed by atoms with Crippen LogP contribution >= 0.6 is 12.4 Å². The molecule has 0 saturated carbocycles. The van der Waals surface area contributed by atoms with E-state index in [4.69, 9.17) is 0 Å². The number of rotatable bonds is 0. The van der Waals surface area contributed by atoms with Gasteiger partial charge in [-0.3, -0.25) is 9.59 Å². The maximum Gasteiger partial charge on any atom is 0.225 e. The molecule has 0 bridgehead atoms. The topological polar surface area (TPSA) is 34.1 Å². The maximum atomic E-state index is 9.79. The number of halogens is 1. The first-order valence-corrected chi connectivity index (χ1v) is 1.57. The molecule has 0 amide bonds. The van der Waals surface area contributed by atoms with Gasteiger partial charge in [0.15, 0.2) is 0 Å². The van der Waals surface area contributed by atoms with Crippen LogP contribution in [0.1, 0.15) is 0 Å². The van der Waals surface area contributed by atoms with Gasteiger partial charge in [0.05, 0.1) is 0 Å². The van der Waals surface area contributed by atoms with Crippen molar-refractivity contribution in [2.75, 3.05) is 0 Å². The molecule has 7 heavy (non-hydrogen) atoms. The maximum absolute atomic E-state index is 9.79. The van der Waals surface area contributed by atoms with Crippen molar-refractivity contribution in [3.05, 3.63) is 32.6 Å². The smallest absolute Gasteiger partial charge is 0.225 e. The Balaban J connectivity index is 0.000000360. The molecule has 0 radical (unpaired) electrons. The summed E-state index contributed by atoms with van der Waals surface area (Å²) >= 11 is 0. The molecule has 0 heterocycles. The molecule has 0 aliphatic carbocycles. The van der Waals surface area contributed by atoms with Gasteiger partial charge in [0.1, 0.15) is 0 Å². The Morgan fingerprint density at radius 2 is 1.29 bits per heavy atom. The SMILES string of the molecule is Cl.O=c1ccc1=O. The van der Waals surface area contributed by atoms with E-state index in [9.17, 15) is 9.59 Å². The summed E-state index contributed by atoms with van der Waals surface area (Å²) in [7, 11) is 0. The lowest BCUT2D eigenvalue weighted by Crippen LogP contribution is -2.26. The van der Waals surface area contributed by atoms with E-state index in [1.807, 2.05) is 0 Å². The summed E-state index contributed by atoms with van der Waals surface area (Å²) in [5, 5.41) is 0. The lowest BCUT2D eigenvalue weighted by atomic mass is 10.3. The van der Waals surface area contributed by atoms with Crippen molar-refractivity contribution in [2.45, 2.75) is 0 Å². The fraction of sp³-hybridized carbons (Fsp3) is 0. The molecule has 2 nitrogen and oxygen atoms in total. The molecule has 0 unspecified atom stereocenters. The van der Waals surface area contributed by atoms with Crippen molar-refractivity contribution in [1.82, 2.24) is 0 Å². The standard InChI is InChI=1S/C4H2O2.ClH/c5-3-1-2-4(3)6;/h1-2H;1H. The zero-order valence-corrected chi connectivity index (χ0v) is 4.20. The van der Waals surface area contributed by atoms with Crippen molar-refractivity contribution in [2.24, 2.45) is 0 Å². The van der Waals surface area contributed by atoms with Crippen LogP contribution in [0.2, 0.25) is 0 Å². The van der Waals surface area contributed by atoms with Crippen molar-refractivity contribution in [1.29, 1.82) is 0 Å². The molecule has 1 aromatic carbocycles. The largest absolute Gasteiger partial charge is 0.286 e. The Bertz CT molecular complexity index is 185. The molecule has 0 aliphatic heterocycles. The van der Waals surface area contributed by atoms with Gasteiger partial charge < -0.3 is 0 Å². The molecule has 1 aromatic rings. The van der Waals surface area contributed by atoms with E-state index in [2.05, 4.69) is 0 Å². The quantitative estimate of drug-likeness (QED) is 0.439. The van der Waals surface area contributed by atoms with Gasteiger partial charge in [-0.05, 0) is 12.1 Å². The highest BCUT2D eigenvalue weighted by atomic mass is 35.5. The average Bonchev–Trinajstić information content (AvgIpc) is 1.61.